The van der Waals surface area contributed by atoms with E-state index in [1.165, 1.54) is 6.08 Å². The molecule has 20 heavy (non-hydrogen) atoms. The molecule has 102 valence electrons. The lowest BCUT2D eigenvalue weighted by atomic mass is 10.2. The first-order valence-corrected chi connectivity index (χ1v) is 7.61. The summed E-state index contributed by atoms with van der Waals surface area (Å²) in [6, 6.07) is 12.5. The van der Waals surface area contributed by atoms with Crippen molar-refractivity contribution in [3.05, 3.63) is 68.1 Å². The van der Waals surface area contributed by atoms with Gasteiger partial charge in [-0.3, -0.25) is 0 Å². The van der Waals surface area contributed by atoms with E-state index < -0.39 is 5.97 Å². The van der Waals surface area contributed by atoms with Crippen LogP contribution in [0.3, 0.4) is 0 Å². The van der Waals surface area contributed by atoms with Crippen LogP contribution in [0.25, 0.3) is 6.08 Å². The summed E-state index contributed by atoms with van der Waals surface area (Å²) >= 11 is 12.5. The minimum absolute atomic E-state index is 0.442. The van der Waals surface area contributed by atoms with Gasteiger partial charge in [-0.15, -0.1) is 0 Å². The Kier molecular flexibility index (Phi) is 5.40. The third-order valence-electron chi connectivity index (χ3n) is 2.39. The smallest absolute Gasteiger partial charge is 0.336 e. The van der Waals surface area contributed by atoms with Gasteiger partial charge in [0, 0.05) is 15.6 Å². The van der Waals surface area contributed by atoms with Crippen LogP contribution in [0, 0.1) is 0 Å². The molecule has 2 aromatic rings. The van der Waals surface area contributed by atoms with Gasteiger partial charge in [0.15, 0.2) is 0 Å². The van der Waals surface area contributed by atoms with Gasteiger partial charge >= 0.3 is 5.97 Å². The molecule has 0 aliphatic rings. The van der Waals surface area contributed by atoms with Crippen LogP contribution in [-0.2, 0) is 4.79 Å². The maximum absolute atomic E-state index is 11.7. The molecule has 0 saturated carbocycles. The van der Waals surface area contributed by atoms with E-state index in [1.807, 2.05) is 18.2 Å². The van der Waals surface area contributed by atoms with Gasteiger partial charge in [-0.05, 0) is 57.9 Å². The zero-order valence-electron chi connectivity index (χ0n) is 10.1. The normalized spacial score (nSPS) is 10.8. The molecule has 0 atom stereocenters. The predicted octanol–water partition coefficient (Wildman–Crippen LogP) is 5.48. The van der Waals surface area contributed by atoms with Crippen LogP contribution < -0.4 is 4.74 Å². The number of carbonyl (C=O) groups excluding carboxylic acids is 1. The largest absolute Gasteiger partial charge is 0.422 e. The molecule has 0 bridgehead atoms. The Morgan fingerprint density at radius 3 is 2.45 bits per heavy atom. The van der Waals surface area contributed by atoms with E-state index in [-0.39, 0.29) is 0 Å². The molecule has 0 radical (unpaired) electrons. The second kappa shape index (κ2) is 7.07. The molecule has 0 aliphatic carbocycles. The Bertz CT molecular complexity index is 651. The molecule has 0 aromatic heterocycles. The molecule has 0 aliphatic heterocycles. The lowest BCUT2D eigenvalue weighted by Gasteiger charge is -2.04. The average molecular weight is 416 g/mol. The fraction of sp³-hybridized carbons (Fsp3) is 0. The number of benzene rings is 2. The fourth-order valence-electron chi connectivity index (χ4n) is 1.44. The monoisotopic (exact) mass is 414 g/mol. The molecule has 0 heterocycles. The zero-order valence-corrected chi connectivity index (χ0v) is 14.1. The summed E-state index contributed by atoms with van der Waals surface area (Å²) in [5.41, 5.74) is 0.876. The summed E-state index contributed by atoms with van der Waals surface area (Å²) in [6.45, 7) is 0. The molecule has 0 unspecified atom stereocenters. The van der Waals surface area contributed by atoms with E-state index in [0.29, 0.717) is 15.2 Å². The molecule has 0 spiro atoms. The summed E-state index contributed by atoms with van der Waals surface area (Å²) in [4.78, 5) is 11.7. The van der Waals surface area contributed by atoms with Crippen molar-refractivity contribution in [2.24, 2.45) is 0 Å². The van der Waals surface area contributed by atoms with E-state index in [4.69, 9.17) is 16.3 Å². The van der Waals surface area contributed by atoms with Crippen LogP contribution in [0.5, 0.6) is 5.75 Å². The van der Waals surface area contributed by atoms with Crippen molar-refractivity contribution in [2.75, 3.05) is 0 Å². The highest BCUT2D eigenvalue weighted by atomic mass is 79.9. The predicted molar refractivity (Wildman–Crippen MR) is 88.0 cm³/mol. The van der Waals surface area contributed by atoms with Crippen LogP contribution in [0.4, 0.5) is 0 Å². The van der Waals surface area contributed by atoms with Gasteiger partial charge < -0.3 is 4.74 Å². The molecule has 0 N–H and O–H groups in total. The van der Waals surface area contributed by atoms with Gasteiger partial charge in [-0.25, -0.2) is 4.79 Å². The van der Waals surface area contributed by atoms with E-state index in [1.54, 1.807) is 30.3 Å². The number of hydrogen-bond acceptors (Lipinski definition) is 2. The summed E-state index contributed by atoms with van der Waals surface area (Å²) in [5.74, 6) is 0.0296. The number of ether oxygens (including phenoxy) is 1. The summed E-state index contributed by atoms with van der Waals surface area (Å²) in [5, 5.41) is 0.656. The van der Waals surface area contributed by atoms with Crippen LogP contribution in [0.2, 0.25) is 5.02 Å². The highest BCUT2D eigenvalue weighted by molar-refractivity contribution is 9.11. The van der Waals surface area contributed by atoms with Crippen molar-refractivity contribution in [2.45, 2.75) is 0 Å². The van der Waals surface area contributed by atoms with Crippen molar-refractivity contribution in [3.63, 3.8) is 0 Å². The Hall–Kier alpha value is -1.10. The van der Waals surface area contributed by atoms with Crippen molar-refractivity contribution in [1.29, 1.82) is 0 Å². The number of rotatable bonds is 3. The number of esters is 1. The summed E-state index contributed by atoms with van der Waals surface area (Å²) in [7, 11) is 0. The van der Waals surface area contributed by atoms with Crippen LogP contribution in [0.15, 0.2) is 57.5 Å². The first kappa shape index (κ1) is 15.3. The Morgan fingerprint density at radius 1 is 1.10 bits per heavy atom. The minimum Gasteiger partial charge on any atom is -0.422 e. The van der Waals surface area contributed by atoms with Crippen molar-refractivity contribution in [3.8, 4) is 5.75 Å². The molecule has 0 saturated heterocycles. The molecule has 0 amide bonds. The Morgan fingerprint density at radius 2 is 1.80 bits per heavy atom. The average Bonchev–Trinajstić information content (AvgIpc) is 2.41. The number of halogens is 3. The van der Waals surface area contributed by atoms with Gasteiger partial charge in [0.1, 0.15) is 5.75 Å². The van der Waals surface area contributed by atoms with Crippen molar-refractivity contribution >= 4 is 55.5 Å². The van der Waals surface area contributed by atoms with Gasteiger partial charge in [-0.1, -0.05) is 39.7 Å². The van der Waals surface area contributed by atoms with Crippen LogP contribution in [-0.4, -0.2) is 5.97 Å². The first-order chi connectivity index (χ1) is 9.54. The maximum atomic E-state index is 11.7. The summed E-state index contributed by atoms with van der Waals surface area (Å²) < 4.78 is 6.84. The minimum atomic E-state index is -0.442. The fourth-order valence-corrected chi connectivity index (χ4v) is 2.69. The summed E-state index contributed by atoms with van der Waals surface area (Å²) in [6.07, 6.45) is 3.04. The van der Waals surface area contributed by atoms with Gasteiger partial charge in [0.25, 0.3) is 0 Å². The number of carbonyl (C=O) groups is 1. The zero-order chi connectivity index (χ0) is 14.5. The van der Waals surface area contributed by atoms with E-state index in [2.05, 4.69) is 31.9 Å². The van der Waals surface area contributed by atoms with Crippen LogP contribution in [0.1, 0.15) is 5.56 Å². The molecule has 0 fully saturated rings. The Balaban J connectivity index is 2.03. The van der Waals surface area contributed by atoms with Crippen LogP contribution >= 0.6 is 43.5 Å². The maximum Gasteiger partial charge on any atom is 0.336 e. The van der Waals surface area contributed by atoms with Gasteiger partial charge in [0.2, 0.25) is 0 Å². The van der Waals surface area contributed by atoms with Crippen molar-refractivity contribution in [1.82, 2.24) is 0 Å². The van der Waals surface area contributed by atoms with Gasteiger partial charge in [-0.2, -0.15) is 0 Å². The van der Waals surface area contributed by atoms with E-state index >= 15 is 0 Å². The highest BCUT2D eigenvalue weighted by Gasteiger charge is 2.05. The second-order valence-electron chi connectivity index (χ2n) is 3.88. The van der Waals surface area contributed by atoms with E-state index in [9.17, 15) is 4.79 Å². The number of hydrogen-bond donors (Lipinski definition) is 0. The van der Waals surface area contributed by atoms with Gasteiger partial charge in [0.05, 0.1) is 4.47 Å². The second-order valence-corrected chi connectivity index (χ2v) is 6.09. The Labute approximate surface area is 138 Å². The SMILES string of the molecule is O=C(/C=C/c1ccc(Cl)cc1)Oc1ccc(Br)cc1Br. The van der Waals surface area contributed by atoms with E-state index in [0.717, 1.165) is 10.0 Å². The first-order valence-electron chi connectivity index (χ1n) is 5.65. The topological polar surface area (TPSA) is 26.3 Å². The molecular formula is C15H9Br2ClO2. The standard InChI is InChI=1S/C15H9Br2ClO2/c16-11-4-7-14(13(17)9-11)20-15(19)8-3-10-1-5-12(18)6-2-10/h1-9H/b8-3+. The highest BCUT2D eigenvalue weighted by Crippen LogP contribution is 2.28. The lowest BCUT2D eigenvalue weighted by molar-refractivity contribution is -0.128. The molecule has 2 rings (SSSR count). The lowest BCUT2D eigenvalue weighted by Crippen LogP contribution is -2.04. The third-order valence-corrected chi connectivity index (χ3v) is 3.75. The molecule has 5 heteroatoms. The van der Waals surface area contributed by atoms with Crippen molar-refractivity contribution < 1.29 is 9.53 Å². The third kappa shape index (κ3) is 4.47. The molecular weight excluding hydrogens is 407 g/mol. The molecule has 2 nitrogen and oxygen atoms in total. The molecule has 2 aromatic carbocycles. The quantitative estimate of drug-likeness (QED) is 0.376.